The van der Waals surface area contributed by atoms with E-state index in [0.717, 1.165) is 21.9 Å². The second kappa shape index (κ2) is 6.48. The number of ether oxygens (including phenoxy) is 1. The second-order valence-corrected chi connectivity index (χ2v) is 6.21. The van der Waals surface area contributed by atoms with Crippen LogP contribution in [0, 0.1) is 0 Å². The highest BCUT2D eigenvalue weighted by atomic mass is 16.5. The third-order valence-electron chi connectivity index (χ3n) is 4.42. The Balaban J connectivity index is 2.00. The van der Waals surface area contributed by atoms with E-state index in [9.17, 15) is 9.59 Å². The van der Waals surface area contributed by atoms with Crippen LogP contribution in [0.5, 0.6) is 5.75 Å². The Kier molecular flexibility index (Phi) is 4.01. The van der Waals surface area contributed by atoms with Crippen LogP contribution in [-0.4, -0.2) is 10.4 Å². The maximum absolute atomic E-state index is 13.2. The first-order valence-corrected chi connectivity index (χ1v) is 8.42. The Morgan fingerprint density at radius 1 is 1.00 bits per heavy atom. The molecular formula is C22H17NO3. The van der Waals surface area contributed by atoms with Crippen molar-refractivity contribution >= 4 is 22.3 Å². The van der Waals surface area contributed by atoms with Crippen molar-refractivity contribution in [1.29, 1.82) is 0 Å². The van der Waals surface area contributed by atoms with Crippen molar-refractivity contribution in [1.82, 2.24) is 4.40 Å². The van der Waals surface area contributed by atoms with Crippen LogP contribution in [0.25, 0.3) is 16.3 Å². The van der Waals surface area contributed by atoms with E-state index in [4.69, 9.17) is 4.74 Å². The molecule has 2 heterocycles. The third-order valence-corrected chi connectivity index (χ3v) is 4.42. The van der Waals surface area contributed by atoms with E-state index in [1.807, 2.05) is 60.7 Å². The SMILES string of the molecule is CC(=O)Oc1cc2c3ccccc3ccn2c(=O)c1Cc1ccccc1. The first kappa shape index (κ1) is 16.1. The van der Waals surface area contributed by atoms with Crippen molar-refractivity contribution in [3.63, 3.8) is 0 Å². The predicted molar refractivity (Wildman–Crippen MR) is 102 cm³/mol. The number of nitrogens with zero attached hydrogens (tertiary/aromatic N) is 1. The molecule has 0 unspecified atom stereocenters. The molecule has 26 heavy (non-hydrogen) atoms. The van der Waals surface area contributed by atoms with Gasteiger partial charge in [0.2, 0.25) is 0 Å². The Bertz CT molecular complexity index is 1180. The van der Waals surface area contributed by atoms with Gasteiger partial charge in [-0.15, -0.1) is 0 Å². The molecule has 0 fully saturated rings. The molecule has 128 valence electrons. The van der Waals surface area contributed by atoms with Crippen LogP contribution in [0.3, 0.4) is 0 Å². The van der Waals surface area contributed by atoms with Gasteiger partial charge in [0, 0.05) is 31.0 Å². The van der Waals surface area contributed by atoms with Gasteiger partial charge >= 0.3 is 5.97 Å². The van der Waals surface area contributed by atoms with Crippen LogP contribution in [0.15, 0.2) is 77.7 Å². The summed E-state index contributed by atoms with van der Waals surface area (Å²) in [7, 11) is 0. The van der Waals surface area contributed by atoms with Gasteiger partial charge in [-0.2, -0.15) is 0 Å². The maximum atomic E-state index is 13.2. The van der Waals surface area contributed by atoms with Gasteiger partial charge in [-0.25, -0.2) is 0 Å². The number of carbonyl (C=O) groups excluding carboxylic acids is 1. The fourth-order valence-electron chi connectivity index (χ4n) is 3.24. The van der Waals surface area contributed by atoms with Crippen molar-refractivity contribution in [2.75, 3.05) is 0 Å². The molecule has 4 aromatic rings. The Labute approximate surface area is 150 Å². The van der Waals surface area contributed by atoms with Gasteiger partial charge in [0.15, 0.2) is 0 Å². The lowest BCUT2D eigenvalue weighted by molar-refractivity contribution is -0.131. The fraction of sp³-hybridized carbons (Fsp3) is 0.0909. The molecular weight excluding hydrogens is 326 g/mol. The molecule has 0 saturated carbocycles. The summed E-state index contributed by atoms with van der Waals surface area (Å²) >= 11 is 0. The van der Waals surface area contributed by atoms with E-state index in [-0.39, 0.29) is 5.56 Å². The Morgan fingerprint density at radius 2 is 1.73 bits per heavy atom. The number of pyridine rings is 2. The highest BCUT2D eigenvalue weighted by Gasteiger charge is 2.16. The largest absolute Gasteiger partial charge is 0.426 e. The topological polar surface area (TPSA) is 47.8 Å². The van der Waals surface area contributed by atoms with Gasteiger partial charge < -0.3 is 4.74 Å². The van der Waals surface area contributed by atoms with Crippen LogP contribution in [0.1, 0.15) is 18.1 Å². The molecule has 2 aromatic carbocycles. The summed E-state index contributed by atoms with van der Waals surface area (Å²) in [6.45, 7) is 1.34. The maximum Gasteiger partial charge on any atom is 0.308 e. The molecule has 2 aromatic heterocycles. The van der Waals surface area contributed by atoms with Gasteiger partial charge in [0.25, 0.3) is 5.56 Å². The van der Waals surface area contributed by atoms with Crippen LogP contribution >= 0.6 is 0 Å². The van der Waals surface area contributed by atoms with Crippen LogP contribution in [-0.2, 0) is 11.2 Å². The van der Waals surface area contributed by atoms with Gasteiger partial charge in [0.1, 0.15) is 5.75 Å². The number of rotatable bonds is 3. The highest BCUT2D eigenvalue weighted by Crippen LogP contribution is 2.26. The normalized spacial score (nSPS) is 11.0. The number of benzene rings is 2. The fourth-order valence-corrected chi connectivity index (χ4v) is 3.24. The molecule has 4 rings (SSSR count). The zero-order chi connectivity index (χ0) is 18.1. The van der Waals surface area contributed by atoms with E-state index >= 15 is 0 Å². The summed E-state index contributed by atoms with van der Waals surface area (Å²) < 4.78 is 7.02. The number of esters is 1. The lowest BCUT2D eigenvalue weighted by atomic mass is 10.0. The summed E-state index contributed by atoms with van der Waals surface area (Å²) in [6.07, 6.45) is 2.17. The van der Waals surface area contributed by atoms with Crippen molar-refractivity contribution < 1.29 is 9.53 Å². The first-order valence-electron chi connectivity index (χ1n) is 8.42. The van der Waals surface area contributed by atoms with Crippen LogP contribution in [0.4, 0.5) is 0 Å². The van der Waals surface area contributed by atoms with Gasteiger partial charge in [-0.1, -0.05) is 54.6 Å². The summed E-state index contributed by atoms with van der Waals surface area (Å²) in [5, 5.41) is 1.96. The van der Waals surface area contributed by atoms with E-state index in [2.05, 4.69) is 0 Å². The highest BCUT2D eigenvalue weighted by molar-refractivity contribution is 5.96. The minimum atomic E-state index is -0.441. The molecule has 0 bridgehead atoms. The number of fused-ring (bicyclic) bond motifs is 3. The van der Waals surface area contributed by atoms with Crippen molar-refractivity contribution in [3.8, 4) is 5.75 Å². The average molecular weight is 343 g/mol. The smallest absolute Gasteiger partial charge is 0.308 e. The minimum absolute atomic E-state index is 0.173. The Hall–Kier alpha value is -3.40. The summed E-state index contributed by atoms with van der Waals surface area (Å²) in [6, 6.07) is 21.2. The first-order chi connectivity index (χ1) is 12.6. The zero-order valence-electron chi connectivity index (χ0n) is 14.3. The van der Waals surface area contributed by atoms with E-state index < -0.39 is 5.97 Å². The molecule has 0 amide bonds. The van der Waals surface area contributed by atoms with E-state index in [1.165, 1.54) is 6.92 Å². The number of hydrogen-bond acceptors (Lipinski definition) is 3. The van der Waals surface area contributed by atoms with Crippen LogP contribution < -0.4 is 10.3 Å². The van der Waals surface area contributed by atoms with Crippen LogP contribution in [0.2, 0.25) is 0 Å². The molecule has 0 saturated heterocycles. The monoisotopic (exact) mass is 343 g/mol. The third kappa shape index (κ3) is 2.86. The second-order valence-electron chi connectivity index (χ2n) is 6.21. The van der Waals surface area contributed by atoms with Crippen molar-refractivity contribution in [3.05, 3.63) is 94.4 Å². The molecule has 0 aliphatic rings. The van der Waals surface area contributed by atoms with Crippen molar-refractivity contribution in [2.45, 2.75) is 13.3 Å². The van der Waals surface area contributed by atoms with Gasteiger partial charge in [-0.3, -0.25) is 14.0 Å². The number of carbonyl (C=O) groups is 1. The molecule has 4 heteroatoms. The predicted octanol–water partition coefficient (Wildman–Crippen LogP) is 3.97. The van der Waals surface area contributed by atoms with E-state index in [1.54, 1.807) is 16.7 Å². The summed E-state index contributed by atoms with van der Waals surface area (Å²) in [4.78, 5) is 24.7. The number of aromatic nitrogens is 1. The summed E-state index contributed by atoms with van der Waals surface area (Å²) in [5.74, 6) is -0.119. The molecule has 0 spiro atoms. The quantitative estimate of drug-likeness (QED) is 0.418. The lowest BCUT2D eigenvalue weighted by Crippen LogP contribution is -2.21. The molecule has 0 aliphatic heterocycles. The lowest BCUT2D eigenvalue weighted by Gasteiger charge is -2.13. The molecule has 4 nitrogen and oxygen atoms in total. The van der Waals surface area contributed by atoms with Gasteiger partial charge in [-0.05, 0) is 17.0 Å². The standard InChI is InChI=1S/C22H17NO3/c1-15(24)26-21-14-20-18-10-6-5-9-17(18)11-12-23(20)22(25)19(21)13-16-7-3-2-4-8-16/h2-12,14H,13H2,1H3. The molecule has 0 atom stereocenters. The van der Waals surface area contributed by atoms with Gasteiger partial charge in [0.05, 0.1) is 11.1 Å². The minimum Gasteiger partial charge on any atom is -0.426 e. The summed E-state index contributed by atoms with van der Waals surface area (Å²) in [5.41, 5.74) is 2.01. The zero-order valence-corrected chi connectivity index (χ0v) is 14.3. The Morgan fingerprint density at radius 3 is 2.50 bits per heavy atom. The molecule has 0 radical (unpaired) electrons. The van der Waals surface area contributed by atoms with Crippen molar-refractivity contribution in [2.24, 2.45) is 0 Å². The number of hydrogen-bond donors (Lipinski definition) is 0. The molecule has 0 aliphatic carbocycles. The average Bonchev–Trinajstić information content (AvgIpc) is 2.65. The van der Waals surface area contributed by atoms with E-state index in [0.29, 0.717) is 17.7 Å². The molecule has 0 N–H and O–H groups in total.